The van der Waals surface area contributed by atoms with Crippen LogP contribution >= 0.6 is 11.3 Å². The van der Waals surface area contributed by atoms with Gasteiger partial charge in [0.15, 0.2) is 5.82 Å². The molecule has 10 heteroatoms. The number of ether oxygens (including phenoxy) is 2. The summed E-state index contributed by atoms with van der Waals surface area (Å²) in [5.74, 6) is 2.11. The van der Waals surface area contributed by atoms with Gasteiger partial charge in [0.25, 0.3) is 5.91 Å². The van der Waals surface area contributed by atoms with E-state index in [1.807, 2.05) is 52.7 Å². The molecule has 2 aromatic heterocycles. The lowest BCUT2D eigenvalue weighted by Crippen LogP contribution is -2.52. The predicted octanol–water partition coefficient (Wildman–Crippen LogP) is 3.18. The van der Waals surface area contributed by atoms with Gasteiger partial charge in [0.2, 0.25) is 5.91 Å². The molecule has 188 valence electrons. The highest BCUT2D eigenvalue weighted by Crippen LogP contribution is 2.32. The summed E-state index contributed by atoms with van der Waals surface area (Å²) in [4.78, 5) is 32.3. The maximum Gasteiger partial charge on any atom is 0.264 e. The second-order valence-electron chi connectivity index (χ2n) is 8.85. The van der Waals surface area contributed by atoms with Gasteiger partial charge in [-0.15, -0.1) is 21.5 Å². The van der Waals surface area contributed by atoms with E-state index in [1.54, 1.807) is 19.1 Å². The third kappa shape index (κ3) is 5.13. The van der Waals surface area contributed by atoms with E-state index < -0.39 is 0 Å². The second-order valence-corrected chi connectivity index (χ2v) is 9.80. The summed E-state index contributed by atoms with van der Waals surface area (Å²) in [6, 6.07) is 13.3. The van der Waals surface area contributed by atoms with Gasteiger partial charge in [-0.2, -0.15) is 0 Å². The van der Waals surface area contributed by atoms with E-state index in [1.165, 1.54) is 11.3 Å². The number of carbonyl (C=O) groups is 2. The van der Waals surface area contributed by atoms with E-state index in [0.717, 1.165) is 24.2 Å². The summed E-state index contributed by atoms with van der Waals surface area (Å²) in [7, 11) is 3.23. The minimum Gasteiger partial charge on any atom is -0.497 e. The predicted molar refractivity (Wildman–Crippen MR) is 138 cm³/mol. The molecule has 1 aliphatic heterocycles. The molecule has 36 heavy (non-hydrogen) atoms. The van der Waals surface area contributed by atoms with Crippen molar-refractivity contribution in [1.82, 2.24) is 20.0 Å². The standard InChI is InChI=1S/C26H29N5O4S/c1-34-19-7-8-20(22(16-19)35-2)21-9-10-24(28-27-21)29-11-13-30(14-12-29)25(32)17-31(18-5-6-18)26(33)23-4-3-15-36-23/h3-4,7-10,15-16,18H,5-6,11-14,17H2,1-2H3. The molecule has 0 bridgehead atoms. The number of carbonyl (C=O) groups excluding carboxylic acids is 2. The van der Waals surface area contributed by atoms with E-state index in [9.17, 15) is 9.59 Å². The van der Waals surface area contributed by atoms with Crippen molar-refractivity contribution in [2.45, 2.75) is 18.9 Å². The number of thiophene rings is 1. The molecule has 0 atom stereocenters. The van der Waals surface area contributed by atoms with E-state index in [4.69, 9.17) is 9.47 Å². The first-order valence-electron chi connectivity index (χ1n) is 12.0. The molecule has 0 radical (unpaired) electrons. The molecule has 1 aromatic carbocycles. The van der Waals surface area contributed by atoms with Gasteiger partial charge in [-0.3, -0.25) is 9.59 Å². The Kier molecular flexibility index (Phi) is 7.04. The zero-order valence-electron chi connectivity index (χ0n) is 20.4. The molecule has 2 fully saturated rings. The van der Waals surface area contributed by atoms with Crippen LogP contribution in [0.25, 0.3) is 11.3 Å². The Morgan fingerprint density at radius 3 is 2.44 bits per heavy atom. The van der Waals surface area contributed by atoms with Crippen molar-refractivity contribution >= 4 is 29.0 Å². The number of hydrogen-bond donors (Lipinski definition) is 0. The largest absolute Gasteiger partial charge is 0.497 e. The molecular weight excluding hydrogens is 478 g/mol. The highest BCUT2D eigenvalue weighted by Gasteiger charge is 2.36. The first kappa shape index (κ1) is 24.1. The number of hydrogen-bond acceptors (Lipinski definition) is 8. The fraction of sp³-hybridized carbons (Fsp3) is 0.385. The summed E-state index contributed by atoms with van der Waals surface area (Å²) in [5.41, 5.74) is 1.55. The topological polar surface area (TPSA) is 88.1 Å². The number of amides is 2. The van der Waals surface area contributed by atoms with Crippen LogP contribution in [0.15, 0.2) is 47.8 Å². The van der Waals surface area contributed by atoms with E-state index in [0.29, 0.717) is 48.2 Å². The average Bonchev–Trinajstić information content (AvgIpc) is 3.63. The van der Waals surface area contributed by atoms with Crippen LogP contribution in [0.4, 0.5) is 5.82 Å². The smallest absolute Gasteiger partial charge is 0.264 e. The van der Waals surface area contributed by atoms with Crippen LogP contribution in [0.1, 0.15) is 22.5 Å². The second kappa shape index (κ2) is 10.5. The van der Waals surface area contributed by atoms with Crippen LogP contribution < -0.4 is 14.4 Å². The Labute approximate surface area is 214 Å². The third-order valence-corrected chi connectivity index (χ3v) is 7.44. The Morgan fingerprint density at radius 2 is 1.83 bits per heavy atom. The molecule has 1 aliphatic carbocycles. The summed E-state index contributed by atoms with van der Waals surface area (Å²) in [5, 5.41) is 10.7. The van der Waals surface area contributed by atoms with E-state index in [-0.39, 0.29) is 24.4 Å². The van der Waals surface area contributed by atoms with Crippen molar-refractivity contribution in [2.75, 3.05) is 51.8 Å². The zero-order valence-corrected chi connectivity index (χ0v) is 21.2. The number of benzene rings is 1. The summed E-state index contributed by atoms with van der Waals surface area (Å²) >= 11 is 1.42. The van der Waals surface area contributed by atoms with E-state index >= 15 is 0 Å². The van der Waals surface area contributed by atoms with Crippen molar-refractivity contribution in [2.24, 2.45) is 0 Å². The maximum absolute atomic E-state index is 13.0. The molecule has 9 nitrogen and oxygen atoms in total. The van der Waals surface area contributed by atoms with Crippen LogP contribution in [-0.4, -0.2) is 84.8 Å². The van der Waals surface area contributed by atoms with Crippen molar-refractivity contribution in [3.8, 4) is 22.8 Å². The van der Waals surface area contributed by atoms with Gasteiger partial charge in [0.1, 0.15) is 18.0 Å². The highest BCUT2D eigenvalue weighted by atomic mass is 32.1. The number of rotatable bonds is 8. The Balaban J connectivity index is 1.19. The molecule has 0 spiro atoms. The first-order valence-corrected chi connectivity index (χ1v) is 12.9. The Bertz CT molecular complexity index is 1210. The molecule has 3 heterocycles. The van der Waals surface area contributed by atoms with Crippen molar-refractivity contribution in [3.05, 3.63) is 52.7 Å². The highest BCUT2D eigenvalue weighted by molar-refractivity contribution is 7.12. The zero-order chi connectivity index (χ0) is 25.1. The van der Waals surface area contributed by atoms with Crippen molar-refractivity contribution in [3.63, 3.8) is 0 Å². The fourth-order valence-electron chi connectivity index (χ4n) is 4.37. The molecular formula is C26H29N5O4S. The molecule has 1 saturated carbocycles. The normalized spacial score (nSPS) is 15.5. The van der Waals surface area contributed by atoms with Crippen LogP contribution in [0, 0.1) is 0 Å². The number of piperazine rings is 1. The molecule has 0 N–H and O–H groups in total. The lowest BCUT2D eigenvalue weighted by molar-refractivity contribution is -0.132. The van der Waals surface area contributed by atoms with Gasteiger partial charge in [-0.25, -0.2) is 0 Å². The third-order valence-electron chi connectivity index (χ3n) is 6.58. The van der Waals surface area contributed by atoms with Crippen LogP contribution in [0.5, 0.6) is 11.5 Å². The van der Waals surface area contributed by atoms with Gasteiger partial charge in [-0.1, -0.05) is 6.07 Å². The minimum atomic E-state index is -0.0386. The average molecular weight is 508 g/mol. The van der Waals surface area contributed by atoms with Gasteiger partial charge in [0, 0.05) is 43.9 Å². The van der Waals surface area contributed by atoms with Gasteiger partial charge in [-0.05, 0) is 48.6 Å². The lowest BCUT2D eigenvalue weighted by Gasteiger charge is -2.36. The van der Waals surface area contributed by atoms with Crippen LogP contribution in [0.3, 0.4) is 0 Å². The minimum absolute atomic E-state index is 0.000473. The van der Waals surface area contributed by atoms with Crippen LogP contribution in [-0.2, 0) is 4.79 Å². The van der Waals surface area contributed by atoms with E-state index in [2.05, 4.69) is 15.1 Å². The van der Waals surface area contributed by atoms with Crippen molar-refractivity contribution in [1.29, 1.82) is 0 Å². The molecule has 0 unspecified atom stereocenters. The number of nitrogens with zero attached hydrogens (tertiary/aromatic N) is 5. The molecule has 1 saturated heterocycles. The molecule has 5 rings (SSSR count). The summed E-state index contributed by atoms with van der Waals surface area (Å²) in [6.45, 7) is 2.63. The SMILES string of the molecule is COc1ccc(-c2ccc(N3CCN(C(=O)CN(C(=O)c4cccs4)C4CC4)CC3)nn2)c(OC)c1. The summed E-state index contributed by atoms with van der Waals surface area (Å²) < 4.78 is 10.8. The number of methoxy groups -OCH3 is 2. The van der Waals surface area contributed by atoms with Gasteiger partial charge < -0.3 is 24.2 Å². The molecule has 2 amide bonds. The lowest BCUT2D eigenvalue weighted by atomic mass is 10.1. The summed E-state index contributed by atoms with van der Waals surface area (Å²) in [6.07, 6.45) is 1.93. The van der Waals surface area contributed by atoms with Crippen molar-refractivity contribution < 1.29 is 19.1 Å². The van der Waals surface area contributed by atoms with Crippen LogP contribution in [0.2, 0.25) is 0 Å². The fourth-order valence-corrected chi connectivity index (χ4v) is 5.05. The monoisotopic (exact) mass is 507 g/mol. The first-order chi connectivity index (χ1) is 17.6. The maximum atomic E-state index is 13.0. The molecule has 3 aromatic rings. The quantitative estimate of drug-likeness (QED) is 0.463. The number of aromatic nitrogens is 2. The molecule has 2 aliphatic rings. The number of anilines is 1. The van der Waals surface area contributed by atoms with Gasteiger partial charge >= 0.3 is 0 Å². The van der Waals surface area contributed by atoms with Gasteiger partial charge in [0.05, 0.1) is 24.8 Å². The Hall–Kier alpha value is -3.66. The Morgan fingerprint density at radius 1 is 1.03 bits per heavy atom.